The first kappa shape index (κ1) is 18.2. The van der Waals surface area contributed by atoms with Crippen molar-refractivity contribution in [2.45, 2.75) is 12.6 Å². The highest BCUT2D eigenvalue weighted by atomic mass is 32.1. The molecule has 1 aromatic heterocycles. The Kier molecular flexibility index (Phi) is 6.09. The molecule has 0 bridgehead atoms. The van der Waals surface area contributed by atoms with Crippen LogP contribution in [0.3, 0.4) is 0 Å². The minimum Gasteiger partial charge on any atom is -0.351 e. The summed E-state index contributed by atoms with van der Waals surface area (Å²) in [6, 6.07) is 16.2. The number of benzene rings is 2. The molecule has 0 aliphatic heterocycles. The standard InChI is InChI=1S/C20H18F2N2OS/c21-16-9-7-14(8-10-16)20(18-6-3-11-26-18)24-13-19(25)23-12-15-4-1-2-5-17(15)22/h1-11,20,24H,12-13H2,(H,23,25). The SMILES string of the molecule is O=C(CNC(c1ccc(F)cc1)c1cccs1)NCc1ccccc1F. The predicted molar refractivity (Wildman–Crippen MR) is 98.8 cm³/mol. The maximum atomic E-state index is 13.6. The molecule has 2 aromatic carbocycles. The molecular weight excluding hydrogens is 354 g/mol. The highest BCUT2D eigenvalue weighted by Crippen LogP contribution is 2.26. The van der Waals surface area contributed by atoms with Crippen molar-refractivity contribution in [1.29, 1.82) is 0 Å². The van der Waals surface area contributed by atoms with Crippen molar-refractivity contribution in [2.75, 3.05) is 6.54 Å². The number of amides is 1. The van der Waals surface area contributed by atoms with Crippen LogP contribution in [0, 0.1) is 11.6 Å². The van der Waals surface area contributed by atoms with Gasteiger partial charge in [0.1, 0.15) is 11.6 Å². The van der Waals surface area contributed by atoms with Crippen LogP contribution in [0.5, 0.6) is 0 Å². The molecule has 0 saturated heterocycles. The van der Waals surface area contributed by atoms with Gasteiger partial charge in [-0.15, -0.1) is 11.3 Å². The maximum Gasteiger partial charge on any atom is 0.234 e. The molecule has 0 saturated carbocycles. The molecule has 3 nitrogen and oxygen atoms in total. The van der Waals surface area contributed by atoms with E-state index in [-0.39, 0.29) is 36.7 Å². The van der Waals surface area contributed by atoms with Crippen molar-refractivity contribution in [2.24, 2.45) is 0 Å². The van der Waals surface area contributed by atoms with Crippen LogP contribution in [-0.4, -0.2) is 12.5 Å². The quantitative estimate of drug-likeness (QED) is 0.658. The zero-order valence-electron chi connectivity index (χ0n) is 13.9. The van der Waals surface area contributed by atoms with E-state index >= 15 is 0 Å². The van der Waals surface area contributed by atoms with Crippen LogP contribution in [0.15, 0.2) is 66.0 Å². The summed E-state index contributed by atoms with van der Waals surface area (Å²) < 4.78 is 26.8. The molecule has 2 N–H and O–H groups in total. The minimum absolute atomic E-state index is 0.0639. The minimum atomic E-state index is -0.344. The number of carbonyl (C=O) groups excluding carboxylic acids is 1. The second-order valence-electron chi connectivity index (χ2n) is 5.75. The first-order chi connectivity index (χ1) is 12.6. The Morgan fingerprint density at radius 2 is 1.77 bits per heavy atom. The lowest BCUT2D eigenvalue weighted by Gasteiger charge is -2.18. The topological polar surface area (TPSA) is 41.1 Å². The second kappa shape index (κ2) is 8.69. The van der Waals surface area contributed by atoms with Crippen molar-refractivity contribution >= 4 is 17.2 Å². The molecule has 1 heterocycles. The highest BCUT2D eigenvalue weighted by molar-refractivity contribution is 7.10. The predicted octanol–water partition coefficient (Wildman–Crippen LogP) is 4.02. The van der Waals surface area contributed by atoms with Crippen LogP contribution in [-0.2, 0) is 11.3 Å². The molecule has 3 aromatic rings. The summed E-state index contributed by atoms with van der Waals surface area (Å²) in [7, 11) is 0. The van der Waals surface area contributed by atoms with Crippen LogP contribution >= 0.6 is 11.3 Å². The fourth-order valence-corrected chi connectivity index (χ4v) is 3.41. The summed E-state index contributed by atoms with van der Waals surface area (Å²) in [5, 5.41) is 7.84. The fraction of sp³-hybridized carbons (Fsp3) is 0.150. The third kappa shape index (κ3) is 4.74. The van der Waals surface area contributed by atoms with Crippen molar-refractivity contribution in [3.8, 4) is 0 Å². The third-order valence-electron chi connectivity index (χ3n) is 3.93. The number of halogens is 2. The van der Waals surface area contributed by atoms with Crippen LogP contribution < -0.4 is 10.6 Å². The van der Waals surface area contributed by atoms with E-state index in [0.717, 1.165) is 10.4 Å². The lowest BCUT2D eigenvalue weighted by molar-refractivity contribution is -0.120. The van der Waals surface area contributed by atoms with Gasteiger partial charge in [0.2, 0.25) is 5.91 Å². The Balaban J connectivity index is 1.61. The Morgan fingerprint density at radius 3 is 2.46 bits per heavy atom. The molecule has 0 aliphatic carbocycles. The van der Waals surface area contributed by atoms with Gasteiger partial charge < -0.3 is 5.32 Å². The number of nitrogens with one attached hydrogen (secondary N) is 2. The summed E-state index contributed by atoms with van der Waals surface area (Å²) in [6.45, 7) is 0.196. The first-order valence-electron chi connectivity index (χ1n) is 8.16. The van der Waals surface area contributed by atoms with E-state index in [0.29, 0.717) is 5.56 Å². The Morgan fingerprint density at radius 1 is 1.00 bits per heavy atom. The van der Waals surface area contributed by atoms with Gasteiger partial charge in [-0.3, -0.25) is 10.1 Å². The van der Waals surface area contributed by atoms with Crippen LogP contribution in [0.2, 0.25) is 0 Å². The summed E-state index contributed by atoms with van der Waals surface area (Å²) in [6.07, 6.45) is 0. The van der Waals surface area contributed by atoms with Gasteiger partial charge in [0.05, 0.1) is 12.6 Å². The molecule has 134 valence electrons. The molecule has 6 heteroatoms. The Bertz CT molecular complexity index is 851. The molecule has 0 fully saturated rings. The monoisotopic (exact) mass is 372 g/mol. The van der Waals surface area contributed by atoms with Gasteiger partial charge >= 0.3 is 0 Å². The highest BCUT2D eigenvalue weighted by Gasteiger charge is 2.16. The van der Waals surface area contributed by atoms with Crippen molar-refractivity contribution in [3.05, 3.63) is 93.7 Å². The molecule has 3 rings (SSSR count). The van der Waals surface area contributed by atoms with E-state index < -0.39 is 0 Å². The largest absolute Gasteiger partial charge is 0.351 e. The summed E-state index contributed by atoms with van der Waals surface area (Å²) in [5.41, 5.74) is 1.31. The lowest BCUT2D eigenvalue weighted by Crippen LogP contribution is -2.35. The van der Waals surface area contributed by atoms with Gasteiger partial charge in [-0.25, -0.2) is 8.78 Å². The Labute approximate surface area is 154 Å². The summed E-state index contributed by atoms with van der Waals surface area (Å²) >= 11 is 1.56. The van der Waals surface area contributed by atoms with Crippen molar-refractivity contribution in [1.82, 2.24) is 10.6 Å². The number of thiophene rings is 1. The molecule has 1 atom stereocenters. The summed E-state index contributed by atoms with van der Waals surface area (Å²) in [4.78, 5) is 13.2. The maximum absolute atomic E-state index is 13.6. The van der Waals surface area contributed by atoms with Crippen molar-refractivity contribution in [3.63, 3.8) is 0 Å². The number of hydrogen-bond donors (Lipinski definition) is 2. The van der Waals surface area contributed by atoms with Gasteiger partial charge in [-0.1, -0.05) is 36.4 Å². The lowest BCUT2D eigenvalue weighted by atomic mass is 10.1. The van der Waals surface area contributed by atoms with Gasteiger partial charge in [-0.2, -0.15) is 0 Å². The van der Waals surface area contributed by atoms with Gasteiger partial charge in [0, 0.05) is 17.0 Å². The van der Waals surface area contributed by atoms with Gasteiger partial charge in [0.15, 0.2) is 0 Å². The average Bonchev–Trinajstić information content (AvgIpc) is 3.17. The third-order valence-corrected chi connectivity index (χ3v) is 4.87. The van der Waals surface area contributed by atoms with E-state index in [1.807, 2.05) is 17.5 Å². The molecule has 26 heavy (non-hydrogen) atoms. The molecule has 0 spiro atoms. The molecule has 1 unspecified atom stereocenters. The average molecular weight is 372 g/mol. The van der Waals surface area contributed by atoms with Crippen LogP contribution in [0.25, 0.3) is 0 Å². The number of hydrogen-bond acceptors (Lipinski definition) is 3. The normalized spacial score (nSPS) is 11.9. The molecular formula is C20H18F2N2OS. The zero-order valence-corrected chi connectivity index (χ0v) is 14.7. The smallest absolute Gasteiger partial charge is 0.234 e. The molecule has 1 amide bonds. The van der Waals surface area contributed by atoms with Crippen molar-refractivity contribution < 1.29 is 13.6 Å². The van der Waals surface area contributed by atoms with E-state index in [2.05, 4.69) is 10.6 Å². The molecule has 0 radical (unpaired) electrons. The Hall–Kier alpha value is -2.57. The zero-order chi connectivity index (χ0) is 18.4. The first-order valence-corrected chi connectivity index (χ1v) is 9.04. The van der Waals surface area contributed by atoms with E-state index in [1.165, 1.54) is 18.2 Å². The summed E-state index contributed by atoms with van der Waals surface area (Å²) in [5.74, 6) is -0.887. The van der Waals surface area contributed by atoms with Crippen LogP contribution in [0.4, 0.5) is 8.78 Å². The molecule has 0 aliphatic rings. The van der Waals surface area contributed by atoms with Gasteiger partial charge in [-0.05, 0) is 35.2 Å². The van der Waals surface area contributed by atoms with Crippen LogP contribution in [0.1, 0.15) is 22.0 Å². The van der Waals surface area contributed by atoms with E-state index in [9.17, 15) is 13.6 Å². The van der Waals surface area contributed by atoms with E-state index in [1.54, 1.807) is 41.7 Å². The fourth-order valence-electron chi connectivity index (χ4n) is 2.59. The van der Waals surface area contributed by atoms with Gasteiger partial charge in [0.25, 0.3) is 0 Å². The number of carbonyl (C=O) groups is 1. The van der Waals surface area contributed by atoms with E-state index in [4.69, 9.17) is 0 Å². The second-order valence-corrected chi connectivity index (χ2v) is 6.73. The number of rotatable bonds is 7.